The largest absolute Gasteiger partial charge is 0.366 e. The summed E-state index contributed by atoms with van der Waals surface area (Å²) in [7, 11) is 4.33. The third-order valence-electron chi connectivity index (χ3n) is 4.25. The molecule has 0 bridgehead atoms. The van der Waals surface area contributed by atoms with Gasteiger partial charge in [-0.05, 0) is 32.9 Å². The van der Waals surface area contributed by atoms with Gasteiger partial charge in [0.05, 0.1) is 0 Å². The van der Waals surface area contributed by atoms with Crippen molar-refractivity contribution in [3.05, 3.63) is 17.5 Å². The number of nitrogens with zero attached hydrogens (tertiary/aromatic N) is 3. The second-order valence-electron chi connectivity index (χ2n) is 5.87. The molecule has 4 nitrogen and oxygen atoms in total. The molecule has 0 aliphatic heterocycles. The Kier molecular flexibility index (Phi) is 4.63. The minimum atomic E-state index is 0.193. The Labute approximate surface area is 120 Å². The van der Waals surface area contributed by atoms with Gasteiger partial charge in [0.1, 0.15) is 0 Å². The van der Waals surface area contributed by atoms with E-state index in [0.717, 1.165) is 12.5 Å². The van der Waals surface area contributed by atoms with Gasteiger partial charge in [0.2, 0.25) is 0 Å². The van der Waals surface area contributed by atoms with E-state index in [4.69, 9.17) is 11.6 Å². The molecule has 5 heteroatoms. The fourth-order valence-corrected chi connectivity index (χ4v) is 3.22. The number of likely N-dealkylation sites (N-methyl/N-ethyl adjacent to an activating group) is 1. The van der Waals surface area contributed by atoms with Gasteiger partial charge in [-0.15, -0.1) is 0 Å². The Hall–Kier alpha value is -0.870. The number of halogens is 1. The van der Waals surface area contributed by atoms with Crippen molar-refractivity contribution in [1.82, 2.24) is 14.9 Å². The predicted molar refractivity (Wildman–Crippen MR) is 79.6 cm³/mol. The van der Waals surface area contributed by atoms with E-state index in [2.05, 4.69) is 41.2 Å². The molecule has 1 aliphatic carbocycles. The number of anilines is 1. The van der Waals surface area contributed by atoms with Crippen LogP contribution in [-0.4, -0.2) is 41.0 Å². The summed E-state index contributed by atoms with van der Waals surface area (Å²) in [5.74, 6) is 1.46. The van der Waals surface area contributed by atoms with E-state index in [1.165, 1.54) is 25.7 Å². The molecule has 0 aromatic carbocycles. The monoisotopic (exact) mass is 282 g/mol. The highest BCUT2D eigenvalue weighted by Gasteiger charge is 2.36. The minimum absolute atomic E-state index is 0.193. The third-order valence-corrected chi connectivity index (χ3v) is 4.53. The van der Waals surface area contributed by atoms with Crippen LogP contribution >= 0.6 is 11.6 Å². The summed E-state index contributed by atoms with van der Waals surface area (Å²) in [5.41, 5.74) is 0.193. The smallest absolute Gasteiger partial charge is 0.171 e. The number of hydrogen-bond donors (Lipinski definition) is 1. The average molecular weight is 283 g/mol. The molecule has 1 aromatic rings. The third kappa shape index (κ3) is 3.37. The standard InChI is InChI=1S/C14H23ClN4/c1-11-5-4-6-14(9-11,19(2)3)10-18-13-12(15)16-7-8-17-13/h7-8,11H,4-6,9-10H2,1-3H3,(H,17,18). The van der Waals surface area contributed by atoms with Crippen molar-refractivity contribution in [2.45, 2.75) is 38.1 Å². The molecule has 2 unspecified atom stereocenters. The molecule has 106 valence electrons. The number of rotatable bonds is 4. The molecule has 0 radical (unpaired) electrons. The van der Waals surface area contributed by atoms with Crippen LogP contribution in [-0.2, 0) is 0 Å². The van der Waals surface area contributed by atoms with Crippen molar-refractivity contribution in [2.75, 3.05) is 26.0 Å². The Morgan fingerprint density at radius 1 is 1.42 bits per heavy atom. The normalized spacial score (nSPS) is 27.5. The van der Waals surface area contributed by atoms with Crippen LogP contribution in [0, 0.1) is 5.92 Å². The maximum absolute atomic E-state index is 6.05. The van der Waals surface area contributed by atoms with Gasteiger partial charge in [0.15, 0.2) is 11.0 Å². The molecule has 1 aliphatic rings. The van der Waals surface area contributed by atoms with Gasteiger partial charge in [-0.25, -0.2) is 9.97 Å². The molecule has 1 heterocycles. The number of hydrogen-bond acceptors (Lipinski definition) is 4. The Bertz CT molecular complexity index is 424. The van der Waals surface area contributed by atoms with E-state index in [1.54, 1.807) is 12.4 Å². The zero-order chi connectivity index (χ0) is 13.9. The van der Waals surface area contributed by atoms with E-state index in [1.807, 2.05) is 0 Å². The molecule has 2 rings (SSSR count). The van der Waals surface area contributed by atoms with Gasteiger partial charge in [-0.1, -0.05) is 31.4 Å². The van der Waals surface area contributed by atoms with Crippen LogP contribution in [0.2, 0.25) is 5.15 Å². The lowest BCUT2D eigenvalue weighted by Gasteiger charge is -2.45. The summed E-state index contributed by atoms with van der Waals surface area (Å²) in [5, 5.41) is 3.82. The first-order valence-electron chi connectivity index (χ1n) is 6.91. The van der Waals surface area contributed by atoms with Crippen molar-refractivity contribution < 1.29 is 0 Å². The van der Waals surface area contributed by atoms with Gasteiger partial charge in [-0.2, -0.15) is 0 Å². The zero-order valence-electron chi connectivity index (χ0n) is 12.0. The van der Waals surface area contributed by atoms with Crippen LogP contribution < -0.4 is 5.32 Å². The molecular weight excluding hydrogens is 260 g/mol. The van der Waals surface area contributed by atoms with E-state index < -0.39 is 0 Å². The topological polar surface area (TPSA) is 41.1 Å². The van der Waals surface area contributed by atoms with Crippen LogP contribution in [0.3, 0.4) is 0 Å². The lowest BCUT2D eigenvalue weighted by atomic mass is 9.75. The zero-order valence-corrected chi connectivity index (χ0v) is 12.7. The lowest BCUT2D eigenvalue weighted by Crippen LogP contribution is -2.52. The van der Waals surface area contributed by atoms with E-state index >= 15 is 0 Å². The highest BCUT2D eigenvalue weighted by Crippen LogP contribution is 2.36. The molecule has 1 aromatic heterocycles. The van der Waals surface area contributed by atoms with Gasteiger partial charge >= 0.3 is 0 Å². The minimum Gasteiger partial charge on any atom is -0.366 e. The molecule has 0 saturated heterocycles. The SMILES string of the molecule is CC1CCCC(CNc2nccnc2Cl)(N(C)C)C1. The van der Waals surface area contributed by atoms with Gasteiger partial charge in [0, 0.05) is 24.5 Å². The molecule has 0 spiro atoms. The first kappa shape index (κ1) is 14.5. The molecule has 1 N–H and O–H groups in total. The fourth-order valence-electron chi connectivity index (χ4n) is 3.05. The molecule has 0 amide bonds. The quantitative estimate of drug-likeness (QED) is 0.922. The maximum atomic E-state index is 6.05. The van der Waals surface area contributed by atoms with Crippen LogP contribution in [0.25, 0.3) is 0 Å². The fraction of sp³-hybridized carbons (Fsp3) is 0.714. The van der Waals surface area contributed by atoms with Gasteiger partial charge in [-0.3, -0.25) is 0 Å². The highest BCUT2D eigenvalue weighted by molar-refractivity contribution is 6.31. The van der Waals surface area contributed by atoms with Crippen LogP contribution in [0.4, 0.5) is 5.82 Å². The summed E-state index contributed by atoms with van der Waals surface area (Å²) in [4.78, 5) is 10.6. The van der Waals surface area contributed by atoms with Gasteiger partial charge < -0.3 is 10.2 Å². The van der Waals surface area contributed by atoms with Crippen molar-refractivity contribution in [3.8, 4) is 0 Å². The Balaban J connectivity index is 2.07. The van der Waals surface area contributed by atoms with Gasteiger partial charge in [0.25, 0.3) is 0 Å². The van der Waals surface area contributed by atoms with E-state index in [0.29, 0.717) is 11.0 Å². The van der Waals surface area contributed by atoms with Crippen molar-refractivity contribution in [3.63, 3.8) is 0 Å². The Morgan fingerprint density at radius 3 is 2.79 bits per heavy atom. The van der Waals surface area contributed by atoms with Crippen molar-refractivity contribution in [1.29, 1.82) is 0 Å². The van der Waals surface area contributed by atoms with E-state index in [9.17, 15) is 0 Å². The summed E-state index contributed by atoms with van der Waals surface area (Å²) < 4.78 is 0. The lowest BCUT2D eigenvalue weighted by molar-refractivity contribution is 0.0881. The second kappa shape index (κ2) is 6.06. The number of nitrogens with one attached hydrogen (secondary N) is 1. The second-order valence-corrected chi connectivity index (χ2v) is 6.23. The highest BCUT2D eigenvalue weighted by atomic mass is 35.5. The average Bonchev–Trinajstić information content (AvgIpc) is 2.38. The van der Waals surface area contributed by atoms with Crippen molar-refractivity contribution >= 4 is 17.4 Å². The summed E-state index contributed by atoms with van der Waals surface area (Å²) in [6.07, 6.45) is 8.33. The summed E-state index contributed by atoms with van der Waals surface area (Å²) >= 11 is 6.05. The predicted octanol–water partition coefficient (Wildman–Crippen LogP) is 3.05. The van der Waals surface area contributed by atoms with Crippen LogP contribution in [0.1, 0.15) is 32.6 Å². The van der Waals surface area contributed by atoms with Crippen LogP contribution in [0.15, 0.2) is 12.4 Å². The Morgan fingerprint density at radius 2 is 2.16 bits per heavy atom. The van der Waals surface area contributed by atoms with Crippen LogP contribution in [0.5, 0.6) is 0 Å². The first-order chi connectivity index (χ1) is 9.03. The molecular formula is C14H23ClN4. The van der Waals surface area contributed by atoms with Crippen molar-refractivity contribution in [2.24, 2.45) is 5.92 Å². The summed E-state index contributed by atoms with van der Waals surface area (Å²) in [6.45, 7) is 3.20. The molecule has 1 saturated carbocycles. The molecule has 2 atom stereocenters. The first-order valence-corrected chi connectivity index (χ1v) is 7.29. The molecule has 1 fully saturated rings. The number of aromatic nitrogens is 2. The molecule has 19 heavy (non-hydrogen) atoms. The van der Waals surface area contributed by atoms with E-state index in [-0.39, 0.29) is 5.54 Å². The maximum Gasteiger partial charge on any atom is 0.171 e. The summed E-state index contributed by atoms with van der Waals surface area (Å²) in [6, 6.07) is 0.